The smallest absolute Gasteiger partial charge is 0.331 e. The number of hydrogen-bond acceptors (Lipinski definition) is 7. The first-order chi connectivity index (χ1) is 16.2. The van der Waals surface area contributed by atoms with Crippen LogP contribution in [-0.2, 0) is 22.7 Å². The molecule has 0 saturated carbocycles. The van der Waals surface area contributed by atoms with E-state index in [-0.39, 0.29) is 6.61 Å². The van der Waals surface area contributed by atoms with E-state index in [0.29, 0.717) is 18.2 Å². The van der Waals surface area contributed by atoms with E-state index in [1.807, 2.05) is 66.7 Å². The molecule has 0 atom stereocenters. The van der Waals surface area contributed by atoms with Crippen molar-refractivity contribution >= 4 is 12.0 Å². The average molecular weight is 442 g/mol. The molecule has 2 aromatic heterocycles. The molecule has 0 amide bonds. The van der Waals surface area contributed by atoms with Crippen LogP contribution in [0.2, 0.25) is 0 Å². The third-order valence-electron chi connectivity index (χ3n) is 4.66. The van der Waals surface area contributed by atoms with Gasteiger partial charge >= 0.3 is 5.97 Å². The Morgan fingerprint density at radius 3 is 2.45 bits per heavy atom. The molecule has 7 nitrogen and oxygen atoms in total. The van der Waals surface area contributed by atoms with Gasteiger partial charge in [-0.05, 0) is 60.2 Å². The fourth-order valence-corrected chi connectivity index (χ4v) is 2.91. The van der Waals surface area contributed by atoms with E-state index >= 15 is 0 Å². The minimum Gasteiger partial charge on any atom is -0.497 e. The summed E-state index contributed by atoms with van der Waals surface area (Å²) in [5.41, 5.74) is 3.03. The Morgan fingerprint density at radius 1 is 0.939 bits per heavy atom. The number of carbonyl (C=O) groups is 1. The number of carbonyl (C=O) groups excluding carboxylic acids is 1. The standard InChI is InChI=1S/C26H22N2O5/c1-30-23-12-8-20(9-13-23)26-28-22(18-33-26)17-32-25(29)14-7-19-5-10-24(11-6-19)31-16-21-4-2-3-15-27-21/h2-15,18H,16-17H2,1H3/b14-7+. The normalized spacial score (nSPS) is 10.8. The Balaban J connectivity index is 1.25. The van der Waals surface area contributed by atoms with Gasteiger partial charge in [0.05, 0.1) is 12.8 Å². The molecule has 2 heterocycles. The predicted octanol–water partition coefficient (Wildman–Crippen LogP) is 5.08. The first kappa shape index (κ1) is 21.8. The molecule has 0 fully saturated rings. The maximum absolute atomic E-state index is 12.1. The van der Waals surface area contributed by atoms with Gasteiger partial charge in [-0.3, -0.25) is 4.98 Å². The number of oxazole rings is 1. The van der Waals surface area contributed by atoms with Crippen LogP contribution < -0.4 is 9.47 Å². The quantitative estimate of drug-likeness (QED) is 0.264. The molecule has 0 aliphatic heterocycles. The summed E-state index contributed by atoms with van der Waals surface area (Å²) in [6.45, 7) is 0.410. The van der Waals surface area contributed by atoms with Crippen molar-refractivity contribution in [1.82, 2.24) is 9.97 Å². The first-order valence-electron chi connectivity index (χ1n) is 10.3. The molecular weight excluding hydrogens is 420 g/mol. The molecule has 4 aromatic rings. The van der Waals surface area contributed by atoms with Crippen LogP contribution in [-0.4, -0.2) is 23.0 Å². The molecule has 0 radical (unpaired) electrons. The van der Waals surface area contributed by atoms with Gasteiger partial charge in [0.1, 0.15) is 36.7 Å². The second kappa shape index (κ2) is 10.8. The molecule has 2 aromatic carbocycles. The zero-order chi connectivity index (χ0) is 22.9. The maximum atomic E-state index is 12.1. The fraction of sp³-hybridized carbons (Fsp3) is 0.115. The lowest BCUT2D eigenvalue weighted by Gasteiger charge is -2.05. The highest BCUT2D eigenvalue weighted by Gasteiger charge is 2.08. The van der Waals surface area contributed by atoms with Crippen molar-refractivity contribution in [2.45, 2.75) is 13.2 Å². The lowest BCUT2D eigenvalue weighted by molar-refractivity contribution is -0.139. The Bertz CT molecular complexity index is 1200. The van der Waals surface area contributed by atoms with Gasteiger partial charge in [0.2, 0.25) is 5.89 Å². The monoisotopic (exact) mass is 442 g/mol. The SMILES string of the molecule is COc1ccc(-c2nc(COC(=O)/C=C/c3ccc(OCc4ccccn4)cc3)co2)cc1. The number of methoxy groups -OCH3 is 1. The van der Waals surface area contributed by atoms with E-state index in [2.05, 4.69) is 9.97 Å². The van der Waals surface area contributed by atoms with Gasteiger partial charge in [-0.25, -0.2) is 9.78 Å². The third-order valence-corrected chi connectivity index (χ3v) is 4.66. The minimum absolute atomic E-state index is 0.0170. The van der Waals surface area contributed by atoms with Crippen LogP contribution in [0.3, 0.4) is 0 Å². The van der Waals surface area contributed by atoms with Crippen molar-refractivity contribution in [2.75, 3.05) is 7.11 Å². The zero-order valence-electron chi connectivity index (χ0n) is 18.0. The highest BCUT2D eigenvalue weighted by molar-refractivity contribution is 5.87. The molecule has 0 unspecified atom stereocenters. The number of esters is 1. The number of hydrogen-bond donors (Lipinski definition) is 0. The average Bonchev–Trinajstić information content (AvgIpc) is 3.35. The van der Waals surface area contributed by atoms with E-state index in [9.17, 15) is 4.79 Å². The molecule has 0 aliphatic rings. The van der Waals surface area contributed by atoms with E-state index in [1.54, 1.807) is 19.4 Å². The summed E-state index contributed by atoms with van der Waals surface area (Å²) >= 11 is 0. The van der Waals surface area contributed by atoms with Gasteiger partial charge in [-0.15, -0.1) is 0 Å². The largest absolute Gasteiger partial charge is 0.497 e. The van der Waals surface area contributed by atoms with E-state index in [0.717, 1.165) is 28.3 Å². The van der Waals surface area contributed by atoms with Gasteiger partial charge in [-0.1, -0.05) is 18.2 Å². The zero-order valence-corrected chi connectivity index (χ0v) is 18.0. The highest BCUT2D eigenvalue weighted by Crippen LogP contribution is 2.22. The van der Waals surface area contributed by atoms with Crippen molar-refractivity contribution < 1.29 is 23.4 Å². The maximum Gasteiger partial charge on any atom is 0.331 e. The molecule has 33 heavy (non-hydrogen) atoms. The van der Waals surface area contributed by atoms with Crippen LogP contribution in [0.1, 0.15) is 17.0 Å². The van der Waals surface area contributed by atoms with Crippen LogP contribution in [0.25, 0.3) is 17.5 Å². The van der Waals surface area contributed by atoms with Gasteiger partial charge in [0.25, 0.3) is 0 Å². The van der Waals surface area contributed by atoms with Crippen LogP contribution >= 0.6 is 0 Å². The predicted molar refractivity (Wildman–Crippen MR) is 122 cm³/mol. The topological polar surface area (TPSA) is 83.7 Å². The van der Waals surface area contributed by atoms with E-state index < -0.39 is 5.97 Å². The summed E-state index contributed by atoms with van der Waals surface area (Å²) in [6, 6.07) is 20.4. The van der Waals surface area contributed by atoms with Crippen molar-refractivity contribution in [3.05, 3.63) is 102 Å². The molecule has 0 N–H and O–H groups in total. The van der Waals surface area contributed by atoms with Crippen molar-refractivity contribution in [2.24, 2.45) is 0 Å². The molecule has 0 spiro atoms. The van der Waals surface area contributed by atoms with Crippen LogP contribution in [0, 0.1) is 0 Å². The minimum atomic E-state index is -0.473. The van der Waals surface area contributed by atoms with Crippen LogP contribution in [0.5, 0.6) is 11.5 Å². The Hall–Kier alpha value is -4.39. The molecule has 0 bridgehead atoms. The Kier molecular flexibility index (Phi) is 7.12. The van der Waals surface area contributed by atoms with Gasteiger partial charge in [0, 0.05) is 17.8 Å². The number of benzene rings is 2. The molecule has 7 heteroatoms. The Morgan fingerprint density at radius 2 is 1.73 bits per heavy atom. The van der Waals surface area contributed by atoms with E-state index in [4.69, 9.17) is 18.6 Å². The first-order valence-corrected chi connectivity index (χ1v) is 10.3. The summed E-state index contributed by atoms with van der Waals surface area (Å²) in [4.78, 5) is 20.6. The fourth-order valence-electron chi connectivity index (χ4n) is 2.91. The number of rotatable bonds is 9. The summed E-state index contributed by atoms with van der Waals surface area (Å²) in [5.74, 6) is 1.45. The summed E-state index contributed by atoms with van der Waals surface area (Å²) in [7, 11) is 1.61. The highest BCUT2D eigenvalue weighted by atomic mass is 16.5. The van der Waals surface area contributed by atoms with Crippen LogP contribution in [0.15, 0.2) is 89.7 Å². The van der Waals surface area contributed by atoms with Crippen molar-refractivity contribution in [3.63, 3.8) is 0 Å². The molecule has 0 aliphatic carbocycles. The second-order valence-electron chi connectivity index (χ2n) is 6.99. The van der Waals surface area contributed by atoms with Crippen LogP contribution in [0.4, 0.5) is 0 Å². The summed E-state index contributed by atoms with van der Waals surface area (Å²) in [6.07, 6.45) is 6.25. The number of pyridine rings is 1. The molecule has 0 saturated heterocycles. The van der Waals surface area contributed by atoms with E-state index in [1.165, 1.54) is 12.3 Å². The number of aromatic nitrogens is 2. The van der Waals surface area contributed by atoms with Crippen molar-refractivity contribution in [1.29, 1.82) is 0 Å². The Labute approximate surface area is 191 Å². The van der Waals surface area contributed by atoms with Gasteiger partial charge in [0.15, 0.2) is 0 Å². The summed E-state index contributed by atoms with van der Waals surface area (Å²) < 4.78 is 21.6. The second-order valence-corrected chi connectivity index (χ2v) is 6.99. The number of ether oxygens (including phenoxy) is 3. The van der Waals surface area contributed by atoms with Gasteiger partial charge in [-0.2, -0.15) is 0 Å². The third kappa shape index (κ3) is 6.30. The van der Waals surface area contributed by atoms with Crippen molar-refractivity contribution in [3.8, 4) is 23.0 Å². The molecule has 4 rings (SSSR count). The molecule has 166 valence electrons. The van der Waals surface area contributed by atoms with Gasteiger partial charge < -0.3 is 18.6 Å². The lowest BCUT2D eigenvalue weighted by Crippen LogP contribution is -2.01. The summed E-state index contributed by atoms with van der Waals surface area (Å²) in [5, 5.41) is 0. The molecular formula is C26H22N2O5. The lowest BCUT2D eigenvalue weighted by atomic mass is 10.2. The number of nitrogens with zero attached hydrogens (tertiary/aromatic N) is 2.